The largest absolute Gasteiger partial charge is 0.380 e. The van der Waals surface area contributed by atoms with Crippen LogP contribution in [0.15, 0.2) is 55.2 Å². The molecule has 2 aliphatic rings. The van der Waals surface area contributed by atoms with Gasteiger partial charge in [-0.15, -0.1) is 0 Å². The minimum atomic E-state index is -1.17. The van der Waals surface area contributed by atoms with Crippen molar-refractivity contribution in [2.45, 2.75) is 65.0 Å². The average molecular weight is 504 g/mol. The van der Waals surface area contributed by atoms with Crippen molar-refractivity contribution in [3.63, 3.8) is 0 Å². The monoisotopic (exact) mass is 503 g/mol. The van der Waals surface area contributed by atoms with Gasteiger partial charge in [0.05, 0.1) is 30.9 Å². The van der Waals surface area contributed by atoms with Crippen molar-refractivity contribution >= 4 is 0 Å². The van der Waals surface area contributed by atoms with Crippen LogP contribution in [0.3, 0.4) is 0 Å². The lowest BCUT2D eigenvalue weighted by Crippen LogP contribution is -2.63. The van der Waals surface area contributed by atoms with Gasteiger partial charge < -0.3 is 19.3 Å². The van der Waals surface area contributed by atoms with E-state index >= 15 is 0 Å². The second kappa shape index (κ2) is 9.95. The highest BCUT2D eigenvalue weighted by Crippen LogP contribution is 2.50. The summed E-state index contributed by atoms with van der Waals surface area (Å²) in [7, 11) is 2.10. The van der Waals surface area contributed by atoms with Gasteiger partial charge in [0.2, 0.25) is 0 Å². The summed E-state index contributed by atoms with van der Waals surface area (Å²) >= 11 is 0. The third kappa shape index (κ3) is 4.98. The summed E-state index contributed by atoms with van der Waals surface area (Å²) in [4.78, 5) is 13.9. The van der Waals surface area contributed by atoms with Crippen LogP contribution in [0, 0.1) is 5.41 Å². The zero-order valence-corrected chi connectivity index (χ0v) is 23.1. The van der Waals surface area contributed by atoms with Crippen molar-refractivity contribution in [3.8, 4) is 11.3 Å². The summed E-state index contributed by atoms with van der Waals surface area (Å²) in [5.41, 5.74) is 3.26. The molecule has 2 aromatic heterocycles. The van der Waals surface area contributed by atoms with E-state index in [1.165, 1.54) is 5.56 Å². The van der Waals surface area contributed by atoms with E-state index < -0.39 is 5.60 Å². The Morgan fingerprint density at radius 3 is 2.38 bits per heavy atom. The van der Waals surface area contributed by atoms with Gasteiger partial charge in [0.1, 0.15) is 5.60 Å². The fourth-order valence-corrected chi connectivity index (χ4v) is 6.34. The third-order valence-corrected chi connectivity index (χ3v) is 8.05. The first kappa shape index (κ1) is 26.0. The summed E-state index contributed by atoms with van der Waals surface area (Å²) in [5, 5.41) is 12.5. The predicted octanol–water partition coefficient (Wildman–Crippen LogP) is 4.32. The molecule has 2 fully saturated rings. The van der Waals surface area contributed by atoms with Gasteiger partial charge in [-0.2, -0.15) is 0 Å². The molecule has 4 heterocycles. The van der Waals surface area contributed by atoms with Crippen LogP contribution in [-0.2, 0) is 17.0 Å². The van der Waals surface area contributed by atoms with Crippen molar-refractivity contribution in [1.29, 1.82) is 0 Å². The lowest BCUT2D eigenvalue weighted by atomic mass is 9.62. The van der Waals surface area contributed by atoms with E-state index in [0.29, 0.717) is 5.92 Å². The molecule has 0 spiro atoms. The van der Waals surface area contributed by atoms with Crippen LogP contribution in [0.2, 0.25) is 0 Å². The Morgan fingerprint density at radius 1 is 1.08 bits per heavy atom. The summed E-state index contributed by atoms with van der Waals surface area (Å²) < 4.78 is 7.99. The first-order chi connectivity index (χ1) is 17.6. The van der Waals surface area contributed by atoms with Crippen LogP contribution in [0.5, 0.6) is 0 Å². The zero-order chi connectivity index (χ0) is 26.4. The van der Waals surface area contributed by atoms with E-state index in [1.807, 2.05) is 18.7 Å². The number of rotatable bonds is 7. The minimum absolute atomic E-state index is 0.229. The normalized spacial score (nSPS) is 24.1. The molecule has 3 aromatic rings. The highest BCUT2D eigenvalue weighted by Gasteiger charge is 2.55. The van der Waals surface area contributed by atoms with Crippen LogP contribution in [0.25, 0.3) is 11.3 Å². The van der Waals surface area contributed by atoms with E-state index in [4.69, 9.17) is 9.72 Å². The number of aromatic nitrogens is 3. The lowest BCUT2D eigenvalue weighted by molar-refractivity contribution is -0.127. The topological polar surface area (TPSA) is 66.7 Å². The van der Waals surface area contributed by atoms with Gasteiger partial charge in [0.25, 0.3) is 0 Å². The number of nitrogens with zero attached hydrogens (tertiary/aromatic N) is 5. The Kier molecular flexibility index (Phi) is 7.00. The molecule has 2 aliphatic heterocycles. The van der Waals surface area contributed by atoms with E-state index in [0.717, 1.165) is 55.2 Å². The zero-order valence-electron chi connectivity index (χ0n) is 23.1. The van der Waals surface area contributed by atoms with Crippen molar-refractivity contribution in [1.82, 2.24) is 24.3 Å². The smallest absolute Gasteiger partial charge is 0.124 e. The van der Waals surface area contributed by atoms with Gasteiger partial charge in [0.15, 0.2) is 0 Å². The van der Waals surface area contributed by atoms with E-state index in [2.05, 4.69) is 97.5 Å². The molecular weight excluding hydrogens is 462 g/mol. The summed E-state index contributed by atoms with van der Waals surface area (Å²) in [6.45, 7) is 15.0. The number of hydrogen-bond acceptors (Lipinski definition) is 6. The molecule has 0 aliphatic carbocycles. The third-order valence-electron chi connectivity index (χ3n) is 8.05. The number of hydrogen-bond donors (Lipinski definition) is 1. The van der Waals surface area contributed by atoms with Gasteiger partial charge in [-0.1, -0.05) is 45.0 Å². The summed E-state index contributed by atoms with van der Waals surface area (Å²) in [6.07, 6.45) is 8.06. The fourth-order valence-electron chi connectivity index (χ4n) is 6.34. The number of imidazole rings is 1. The maximum Gasteiger partial charge on any atom is 0.124 e. The first-order valence-electron chi connectivity index (χ1n) is 13.4. The molecule has 2 unspecified atom stereocenters. The van der Waals surface area contributed by atoms with Crippen molar-refractivity contribution in [2.75, 3.05) is 33.2 Å². The molecule has 7 heteroatoms. The van der Waals surface area contributed by atoms with Crippen LogP contribution in [0.4, 0.5) is 0 Å². The first-order valence-corrected chi connectivity index (χ1v) is 13.4. The molecule has 198 valence electrons. The van der Waals surface area contributed by atoms with Gasteiger partial charge >= 0.3 is 0 Å². The average Bonchev–Trinajstić information content (AvgIpc) is 3.30. The number of benzene rings is 1. The van der Waals surface area contributed by atoms with Crippen molar-refractivity contribution in [3.05, 3.63) is 71.9 Å². The number of pyridine rings is 1. The van der Waals surface area contributed by atoms with Crippen molar-refractivity contribution in [2.24, 2.45) is 5.41 Å². The van der Waals surface area contributed by atoms with Gasteiger partial charge in [-0.25, -0.2) is 4.98 Å². The Morgan fingerprint density at radius 2 is 1.76 bits per heavy atom. The van der Waals surface area contributed by atoms with E-state index in [1.54, 1.807) is 0 Å². The second-order valence-electron chi connectivity index (χ2n) is 11.9. The molecule has 3 atom stereocenters. The van der Waals surface area contributed by atoms with Crippen LogP contribution < -0.4 is 0 Å². The molecule has 0 radical (unpaired) electrons. The Labute approximate surface area is 221 Å². The van der Waals surface area contributed by atoms with Gasteiger partial charge in [-0.05, 0) is 44.0 Å². The minimum Gasteiger partial charge on any atom is -0.380 e. The molecule has 7 nitrogen and oxygen atoms in total. The van der Waals surface area contributed by atoms with E-state index in [9.17, 15) is 5.11 Å². The number of likely N-dealkylation sites (tertiary alicyclic amines) is 1. The molecule has 1 N–H and O–H groups in total. The standard InChI is InChI=1S/C30H41N5O2/c1-21(2)24-7-9-26(10-8-24)30(36,29(5)17-33(6)18-29)27-11-25(12-31-13-27)28-16-35(19-32-28)20-34-14-22(3)37-23(4)15-34/h7-13,16,19,21-23,36H,14-15,17-18,20H2,1-6H3/t22?,23?,30-/m0/s1. The molecule has 0 bridgehead atoms. The van der Waals surface area contributed by atoms with E-state index in [-0.39, 0.29) is 17.6 Å². The Bertz CT molecular complexity index is 1210. The Hall–Kier alpha value is -2.58. The summed E-state index contributed by atoms with van der Waals surface area (Å²) in [6, 6.07) is 10.5. The van der Waals surface area contributed by atoms with Gasteiger partial charge in [-0.3, -0.25) is 9.88 Å². The van der Waals surface area contributed by atoms with Crippen molar-refractivity contribution < 1.29 is 9.84 Å². The molecule has 1 aromatic carbocycles. The van der Waals surface area contributed by atoms with Crippen LogP contribution in [0.1, 0.15) is 57.2 Å². The number of ether oxygens (including phenoxy) is 1. The summed E-state index contributed by atoms with van der Waals surface area (Å²) in [5.74, 6) is 0.441. The molecule has 5 rings (SSSR count). The fraction of sp³-hybridized carbons (Fsp3) is 0.533. The molecule has 0 amide bonds. The highest BCUT2D eigenvalue weighted by atomic mass is 16.5. The number of morpholine rings is 1. The Balaban J connectivity index is 1.45. The highest BCUT2D eigenvalue weighted by molar-refractivity contribution is 5.59. The van der Waals surface area contributed by atoms with Gasteiger partial charge in [0, 0.05) is 61.3 Å². The SMILES string of the molecule is CC1CN(Cn2cnc(-c3cncc([C@@](O)(c4ccc(C(C)C)cc4)C4(C)CN(C)C4)c3)c2)CC(C)O1. The lowest BCUT2D eigenvalue weighted by Gasteiger charge is -2.55. The maximum absolute atomic E-state index is 12.5. The molecule has 2 saturated heterocycles. The maximum atomic E-state index is 12.5. The van der Waals surface area contributed by atoms with Crippen LogP contribution >= 0.6 is 0 Å². The van der Waals surface area contributed by atoms with Crippen LogP contribution in [-0.4, -0.2) is 74.9 Å². The molecular formula is C30H41N5O2. The predicted molar refractivity (Wildman–Crippen MR) is 146 cm³/mol. The quantitative estimate of drug-likeness (QED) is 0.518. The molecule has 0 saturated carbocycles. The molecule has 37 heavy (non-hydrogen) atoms. The number of aliphatic hydroxyl groups is 1. The second-order valence-corrected chi connectivity index (χ2v) is 11.9.